The summed E-state index contributed by atoms with van der Waals surface area (Å²) in [6.45, 7) is 6.00. The summed E-state index contributed by atoms with van der Waals surface area (Å²) < 4.78 is 0. The molecule has 0 aromatic heterocycles. The van der Waals surface area contributed by atoms with Gasteiger partial charge in [-0.25, -0.2) is 0 Å². The lowest BCUT2D eigenvalue weighted by Crippen LogP contribution is -0.552. The molecule has 0 aromatic carbocycles. The smallest absolute Gasteiger partial charge is 0.0149 e. The van der Waals surface area contributed by atoms with Gasteiger partial charge in [-0.15, -0.1) is 13.2 Å². The van der Waals surface area contributed by atoms with E-state index in [4.69, 9.17) is 0 Å². The number of rotatable bonds is 0. The Hall–Kier alpha value is -0.0831. The van der Waals surface area contributed by atoms with Gasteiger partial charge in [0.25, 0.3) is 0 Å². The minimum atomic E-state index is 0. The summed E-state index contributed by atoms with van der Waals surface area (Å²) in [5, 5.41) is 0. The minimum absolute atomic E-state index is 0. The molecule has 0 aliphatic heterocycles. The SMILES string of the molecule is C=C.O.[SiH4]. The second-order valence-electron chi connectivity index (χ2n) is 0. The van der Waals surface area contributed by atoms with E-state index in [1.54, 1.807) is 0 Å². The van der Waals surface area contributed by atoms with Crippen molar-refractivity contribution in [2.45, 2.75) is 0 Å². The molecule has 0 radical (unpaired) electrons. The highest BCUT2D eigenvalue weighted by Gasteiger charge is 0.601. The zero-order valence-electron chi connectivity index (χ0n) is 1.91. The topological polar surface area (TPSA) is 31.5 Å². The molecule has 0 bridgehead atoms. The standard InChI is InChI=1S/C2H4.H2O.H4Si/c1-2;;/h1-2H2;1H2;1H4. The normalized spacial score (nSPS) is 1.00. The van der Waals surface area contributed by atoms with Gasteiger partial charge in [0.15, 0.2) is 0 Å². The molecule has 0 spiro atoms. The zero-order valence-corrected chi connectivity index (χ0v) is 1.91. The Labute approximate surface area is 30.7 Å². The van der Waals surface area contributed by atoms with Gasteiger partial charge in [0.05, 0.1) is 0 Å². The second kappa shape index (κ2) is 1550. The van der Waals surface area contributed by atoms with E-state index in [0.29, 0.717) is 0 Å². The summed E-state index contributed by atoms with van der Waals surface area (Å²) >= 11 is 0. The van der Waals surface area contributed by atoms with E-state index in [2.05, 4.69) is 13.2 Å². The van der Waals surface area contributed by atoms with Gasteiger partial charge in [-0.3, -0.25) is 0 Å². The molecule has 0 saturated carbocycles. The van der Waals surface area contributed by atoms with E-state index in [-0.39, 0.29) is 16.4 Å². The van der Waals surface area contributed by atoms with Gasteiger partial charge in [-0.1, -0.05) is 0 Å². The summed E-state index contributed by atoms with van der Waals surface area (Å²) in [5.74, 6) is 0. The van der Waals surface area contributed by atoms with Crippen LogP contribution in [0.3, 0.4) is 0 Å². The molecule has 0 amide bonds. The lowest BCUT2D eigenvalue weighted by atomic mass is 11.3. The maximum atomic E-state index is 3.00. The molecular weight excluding hydrogens is 68.1 g/mol. The second-order valence-corrected chi connectivity index (χ2v) is 0. The van der Waals surface area contributed by atoms with E-state index in [9.17, 15) is 0 Å². The molecule has 0 aliphatic carbocycles. The lowest BCUT2D eigenvalue weighted by Gasteiger charge is -0.813. The summed E-state index contributed by atoms with van der Waals surface area (Å²) in [5.41, 5.74) is 0. The summed E-state index contributed by atoms with van der Waals surface area (Å²) in [6.07, 6.45) is 0. The highest BCUT2D eigenvalue weighted by molar-refractivity contribution is 5.75. The van der Waals surface area contributed by atoms with Crippen molar-refractivity contribution in [2.24, 2.45) is 0 Å². The third-order valence-corrected chi connectivity index (χ3v) is 0. The lowest BCUT2D eigenvalue weighted by molar-refractivity contribution is 0.824. The Bertz CT molecular complexity index is 6.00. The highest BCUT2D eigenvalue weighted by atomic mass is 28.1. The zero-order chi connectivity index (χ0) is 2.00. The number of hydrogen-bond donors (Lipinski definition) is 0. The van der Waals surface area contributed by atoms with Crippen LogP contribution >= 0.6 is 0 Å². The molecule has 2 heteroatoms. The first kappa shape index (κ1) is 39.6. The molecule has 28 valence electrons. The van der Waals surface area contributed by atoms with Gasteiger partial charge in [0.2, 0.25) is 0 Å². The van der Waals surface area contributed by atoms with Crippen LogP contribution < -0.4 is 0 Å². The molecule has 0 rings (SSSR count). The molecule has 0 atom stereocenters. The Morgan fingerprint density at radius 2 is 1.00 bits per heavy atom. The maximum Gasteiger partial charge on any atom is -0.0149 e. The average Bonchev–Trinajstić information content (AvgIpc) is 1.00. The fourth-order valence-electron chi connectivity index (χ4n) is 0. The molecule has 0 unspecified atom stereocenters. The fourth-order valence-corrected chi connectivity index (χ4v) is 0. The quantitative estimate of drug-likeness (QED) is 0.250. The van der Waals surface area contributed by atoms with E-state index < -0.39 is 0 Å². The predicted molar refractivity (Wildman–Crippen MR) is 26.2 cm³/mol. The van der Waals surface area contributed by atoms with Gasteiger partial charge < -0.3 is 5.48 Å². The van der Waals surface area contributed by atoms with Gasteiger partial charge in [-0.05, 0) is 11.0 Å². The summed E-state index contributed by atoms with van der Waals surface area (Å²) in [7, 11) is 0. The first-order valence-corrected chi connectivity index (χ1v) is 0.500. The van der Waals surface area contributed by atoms with Crippen LogP contribution in [0.5, 0.6) is 0 Å². The van der Waals surface area contributed by atoms with E-state index in [1.807, 2.05) is 0 Å². The average molecular weight is 78.2 g/mol. The van der Waals surface area contributed by atoms with Crippen LogP contribution in [-0.2, 0) is 0 Å². The van der Waals surface area contributed by atoms with E-state index in [0.717, 1.165) is 0 Å². The first-order valence-electron chi connectivity index (χ1n) is 0.500. The monoisotopic (exact) mass is 78.1 g/mol. The first-order chi connectivity index (χ1) is 1.00. The van der Waals surface area contributed by atoms with Crippen LogP contribution in [0.2, 0.25) is 0 Å². The largest absolute Gasteiger partial charge is 0.412 e. The van der Waals surface area contributed by atoms with Crippen molar-refractivity contribution in [1.29, 1.82) is 0 Å². The maximum absolute atomic E-state index is 3.00. The van der Waals surface area contributed by atoms with Gasteiger partial charge in [-0.2, -0.15) is 0 Å². The number of hydrogen-bond acceptors (Lipinski definition) is 0. The Morgan fingerprint density at radius 3 is 1.00 bits per heavy atom. The molecular formula is C2H10OSi. The fraction of sp³-hybridized carbons (Fsp3) is 0. The Balaban J connectivity index is -0.00000000500. The molecule has 0 saturated heterocycles. The van der Waals surface area contributed by atoms with Crippen molar-refractivity contribution in [3.63, 3.8) is 0 Å². The highest BCUT2D eigenvalue weighted by Crippen LogP contribution is 0.862. The van der Waals surface area contributed by atoms with Crippen molar-refractivity contribution < 1.29 is 5.48 Å². The van der Waals surface area contributed by atoms with Crippen molar-refractivity contribution in [2.75, 3.05) is 0 Å². The van der Waals surface area contributed by atoms with Crippen molar-refractivity contribution >= 4 is 11.0 Å². The van der Waals surface area contributed by atoms with Crippen molar-refractivity contribution in [3.05, 3.63) is 13.2 Å². The molecule has 2 N–H and O–H groups in total. The van der Waals surface area contributed by atoms with Gasteiger partial charge >= 0.3 is 0 Å². The van der Waals surface area contributed by atoms with Gasteiger partial charge in [0.1, 0.15) is 0 Å². The van der Waals surface area contributed by atoms with Crippen LogP contribution in [0, 0.1) is 0 Å². The molecule has 1 nitrogen and oxygen atoms in total. The molecule has 0 aliphatic rings. The van der Waals surface area contributed by atoms with Crippen LogP contribution in [0.4, 0.5) is 0 Å². The third kappa shape index (κ3) is 233. The minimum Gasteiger partial charge on any atom is -0.412 e. The molecule has 0 aromatic rings. The Morgan fingerprint density at radius 1 is 1.00 bits per heavy atom. The van der Waals surface area contributed by atoms with E-state index >= 15 is 0 Å². The summed E-state index contributed by atoms with van der Waals surface area (Å²) in [6, 6.07) is 0. The van der Waals surface area contributed by atoms with E-state index in [1.165, 1.54) is 0 Å². The molecule has 4 heavy (non-hydrogen) atoms. The molecule has 0 heterocycles. The van der Waals surface area contributed by atoms with Crippen LogP contribution in [0.1, 0.15) is 0 Å². The predicted octanol–water partition coefficient (Wildman–Crippen LogP) is -1.47. The summed E-state index contributed by atoms with van der Waals surface area (Å²) in [4.78, 5) is 0. The molecule has 0 fully saturated rings. The third-order valence-electron chi connectivity index (χ3n) is 0. The van der Waals surface area contributed by atoms with Crippen LogP contribution in [-0.4, -0.2) is 16.4 Å². The van der Waals surface area contributed by atoms with Crippen LogP contribution in [0.25, 0.3) is 0 Å². The van der Waals surface area contributed by atoms with Gasteiger partial charge in [0, 0.05) is 0 Å². The van der Waals surface area contributed by atoms with Crippen LogP contribution in [0.15, 0.2) is 13.2 Å². The Kier molecular flexibility index (Phi) is 15400. The van der Waals surface area contributed by atoms with Crippen molar-refractivity contribution in [1.82, 2.24) is 0 Å². The van der Waals surface area contributed by atoms with Crippen molar-refractivity contribution in [3.8, 4) is 0 Å².